The molecule has 166 valence electrons. The second-order valence-corrected chi connectivity index (χ2v) is 9.39. The van der Waals surface area contributed by atoms with E-state index in [9.17, 15) is 17.2 Å². The monoisotopic (exact) mass is 467 g/mol. The molecule has 1 aliphatic rings. The van der Waals surface area contributed by atoms with Crippen molar-refractivity contribution in [2.75, 3.05) is 31.2 Å². The Morgan fingerprint density at radius 1 is 1.19 bits per heavy atom. The number of benzene rings is 1. The van der Waals surface area contributed by atoms with Crippen LogP contribution >= 0.6 is 13.5 Å². The van der Waals surface area contributed by atoms with E-state index in [2.05, 4.69) is 25.6 Å². The normalized spacial score (nSPS) is 18.4. The Hall–Kier alpha value is -2.37. The standard InChI is InChI=1S/C20H21F2N5O2S.H2S/c1-30(28,29)15-4-2-13(3-5-15)16-10-17-18(25-9-8-24-17)19(27-16)26-12-14-11-23-7-6-20(14,21)22;/h2-5,8-10,14,23H,6-7,11-12H2,1H3,(H,26,27);1H2/t14-;/m0./s1. The largest absolute Gasteiger partial charge is 0.368 e. The van der Waals surface area contributed by atoms with Crippen LogP contribution in [0.5, 0.6) is 0 Å². The summed E-state index contributed by atoms with van der Waals surface area (Å²) in [6.07, 6.45) is 4.01. The average Bonchev–Trinajstić information content (AvgIpc) is 2.72. The summed E-state index contributed by atoms with van der Waals surface area (Å²) >= 11 is 0. The predicted molar refractivity (Wildman–Crippen MR) is 121 cm³/mol. The fraction of sp³-hybridized carbons (Fsp3) is 0.350. The van der Waals surface area contributed by atoms with Gasteiger partial charge in [0.25, 0.3) is 5.92 Å². The molecule has 7 nitrogen and oxygen atoms in total. The van der Waals surface area contributed by atoms with Gasteiger partial charge in [-0.2, -0.15) is 13.5 Å². The van der Waals surface area contributed by atoms with Crippen LogP contribution in [0.3, 0.4) is 0 Å². The van der Waals surface area contributed by atoms with Gasteiger partial charge in [0.1, 0.15) is 5.52 Å². The van der Waals surface area contributed by atoms with E-state index < -0.39 is 21.7 Å². The van der Waals surface area contributed by atoms with Gasteiger partial charge in [-0.05, 0) is 18.2 Å². The number of pyridine rings is 1. The molecule has 3 heterocycles. The van der Waals surface area contributed by atoms with E-state index in [1.807, 2.05) is 0 Å². The Kier molecular flexibility index (Phi) is 6.77. The lowest BCUT2D eigenvalue weighted by Gasteiger charge is -2.32. The number of rotatable bonds is 5. The molecule has 0 radical (unpaired) electrons. The van der Waals surface area contributed by atoms with E-state index in [0.29, 0.717) is 34.7 Å². The lowest BCUT2D eigenvalue weighted by atomic mass is 9.95. The van der Waals surface area contributed by atoms with Crippen molar-refractivity contribution >= 4 is 40.2 Å². The van der Waals surface area contributed by atoms with E-state index in [1.165, 1.54) is 18.3 Å². The number of hydrogen-bond donors (Lipinski definition) is 2. The molecule has 0 aliphatic carbocycles. The molecular formula is C20H23F2N5O2S2. The molecule has 1 aromatic carbocycles. The molecule has 1 atom stereocenters. The van der Waals surface area contributed by atoms with Crippen LogP contribution < -0.4 is 10.6 Å². The highest BCUT2D eigenvalue weighted by Crippen LogP contribution is 2.32. The fourth-order valence-corrected chi connectivity index (χ4v) is 4.07. The Bertz CT molecular complexity index is 1170. The van der Waals surface area contributed by atoms with Crippen LogP contribution in [-0.4, -0.2) is 55.2 Å². The Morgan fingerprint density at radius 3 is 2.58 bits per heavy atom. The summed E-state index contributed by atoms with van der Waals surface area (Å²) in [5.74, 6) is -3.25. The number of hydrogen-bond acceptors (Lipinski definition) is 7. The molecule has 11 heteroatoms. The highest BCUT2D eigenvalue weighted by Gasteiger charge is 2.41. The topological polar surface area (TPSA) is 96.9 Å². The summed E-state index contributed by atoms with van der Waals surface area (Å²) in [5, 5.41) is 6.03. The molecule has 31 heavy (non-hydrogen) atoms. The maximum absolute atomic E-state index is 14.2. The van der Waals surface area contributed by atoms with Gasteiger partial charge in [-0.3, -0.25) is 4.98 Å². The summed E-state index contributed by atoms with van der Waals surface area (Å²) in [6, 6.07) is 8.07. The molecular weight excluding hydrogens is 444 g/mol. The zero-order valence-electron chi connectivity index (χ0n) is 16.8. The number of sulfone groups is 1. The molecule has 3 aromatic rings. The highest BCUT2D eigenvalue weighted by atomic mass is 32.2. The first-order valence-electron chi connectivity index (χ1n) is 9.49. The molecule has 4 rings (SSSR count). The van der Waals surface area contributed by atoms with E-state index in [0.717, 1.165) is 6.26 Å². The maximum atomic E-state index is 14.2. The highest BCUT2D eigenvalue weighted by molar-refractivity contribution is 7.90. The first-order valence-corrected chi connectivity index (χ1v) is 11.4. The van der Waals surface area contributed by atoms with Gasteiger partial charge in [0, 0.05) is 50.3 Å². The maximum Gasteiger partial charge on any atom is 0.255 e. The van der Waals surface area contributed by atoms with Crippen LogP contribution in [0.25, 0.3) is 22.3 Å². The molecule has 0 bridgehead atoms. The SMILES string of the molecule is CS(=O)(=O)c1ccc(-c2cc3nccnc3c(NC[C@@H]3CNCCC3(F)F)n2)cc1.S. The van der Waals surface area contributed by atoms with Gasteiger partial charge >= 0.3 is 0 Å². The average molecular weight is 468 g/mol. The van der Waals surface area contributed by atoms with Crippen molar-refractivity contribution in [2.45, 2.75) is 17.2 Å². The van der Waals surface area contributed by atoms with E-state index in [4.69, 9.17) is 0 Å². The molecule has 0 spiro atoms. The van der Waals surface area contributed by atoms with Crippen LogP contribution in [0, 0.1) is 5.92 Å². The van der Waals surface area contributed by atoms with Gasteiger partial charge in [0.05, 0.1) is 22.0 Å². The first kappa shape index (κ1) is 23.3. The van der Waals surface area contributed by atoms with Crippen LogP contribution in [0.4, 0.5) is 14.6 Å². The number of nitrogens with one attached hydrogen (secondary N) is 2. The summed E-state index contributed by atoms with van der Waals surface area (Å²) in [6.45, 7) is 0.556. The molecule has 1 fully saturated rings. The molecule has 1 saturated heterocycles. The Morgan fingerprint density at radius 2 is 1.90 bits per heavy atom. The van der Waals surface area contributed by atoms with Crippen LogP contribution in [0.15, 0.2) is 47.6 Å². The van der Waals surface area contributed by atoms with Gasteiger partial charge in [0.15, 0.2) is 15.7 Å². The van der Waals surface area contributed by atoms with Crippen molar-refractivity contribution in [3.05, 3.63) is 42.7 Å². The van der Waals surface area contributed by atoms with Crippen LogP contribution in [0.2, 0.25) is 0 Å². The quantitative estimate of drug-likeness (QED) is 0.596. The minimum absolute atomic E-state index is 0. The molecule has 0 amide bonds. The van der Waals surface area contributed by atoms with Gasteiger partial charge in [-0.1, -0.05) is 12.1 Å². The third-order valence-corrected chi connectivity index (χ3v) is 6.30. The fourth-order valence-electron chi connectivity index (χ4n) is 3.44. The molecule has 0 unspecified atom stereocenters. The third-order valence-electron chi connectivity index (χ3n) is 5.17. The third kappa shape index (κ3) is 5.10. The minimum Gasteiger partial charge on any atom is -0.368 e. The van der Waals surface area contributed by atoms with Crippen molar-refractivity contribution in [1.82, 2.24) is 20.3 Å². The van der Waals surface area contributed by atoms with Gasteiger partial charge in [0.2, 0.25) is 0 Å². The summed E-state index contributed by atoms with van der Waals surface area (Å²) in [4.78, 5) is 13.4. The van der Waals surface area contributed by atoms with Crippen molar-refractivity contribution in [1.29, 1.82) is 0 Å². The Balaban J connectivity index is 0.00000272. The number of aromatic nitrogens is 3. The molecule has 1 aliphatic heterocycles. The van der Waals surface area contributed by atoms with Crippen molar-refractivity contribution < 1.29 is 17.2 Å². The molecule has 2 aromatic heterocycles. The van der Waals surface area contributed by atoms with E-state index in [1.54, 1.807) is 24.4 Å². The van der Waals surface area contributed by atoms with Gasteiger partial charge < -0.3 is 10.6 Å². The van der Waals surface area contributed by atoms with E-state index in [-0.39, 0.29) is 37.9 Å². The summed E-state index contributed by atoms with van der Waals surface area (Å²) < 4.78 is 51.7. The second kappa shape index (κ2) is 9.01. The number of piperidine rings is 1. The smallest absolute Gasteiger partial charge is 0.255 e. The predicted octanol–water partition coefficient (Wildman–Crippen LogP) is 2.86. The molecule has 0 saturated carbocycles. The number of nitrogens with zero attached hydrogens (tertiary/aromatic N) is 3. The number of anilines is 1. The lowest BCUT2D eigenvalue weighted by Crippen LogP contribution is -2.47. The number of halogens is 2. The van der Waals surface area contributed by atoms with Crippen LogP contribution in [-0.2, 0) is 9.84 Å². The zero-order valence-corrected chi connectivity index (χ0v) is 18.6. The van der Waals surface area contributed by atoms with Crippen molar-refractivity contribution in [3.63, 3.8) is 0 Å². The first-order chi connectivity index (χ1) is 14.2. The van der Waals surface area contributed by atoms with Gasteiger partial charge in [-0.25, -0.2) is 27.2 Å². The number of fused-ring (bicyclic) bond motifs is 1. The van der Waals surface area contributed by atoms with E-state index >= 15 is 0 Å². The lowest BCUT2D eigenvalue weighted by molar-refractivity contribution is -0.0728. The van der Waals surface area contributed by atoms with Crippen molar-refractivity contribution in [3.8, 4) is 11.3 Å². The van der Waals surface area contributed by atoms with Crippen molar-refractivity contribution in [2.24, 2.45) is 5.92 Å². The Labute approximate surface area is 186 Å². The van der Waals surface area contributed by atoms with Crippen LogP contribution in [0.1, 0.15) is 6.42 Å². The zero-order chi connectivity index (χ0) is 21.4. The number of alkyl halides is 2. The molecule has 2 N–H and O–H groups in total. The summed E-state index contributed by atoms with van der Waals surface area (Å²) in [5.41, 5.74) is 2.27. The van der Waals surface area contributed by atoms with Gasteiger partial charge in [-0.15, -0.1) is 0 Å². The minimum atomic E-state index is -3.31. The summed E-state index contributed by atoms with van der Waals surface area (Å²) in [7, 11) is -3.31. The second-order valence-electron chi connectivity index (χ2n) is 7.37.